The van der Waals surface area contributed by atoms with E-state index < -0.39 is 10.1 Å². The van der Waals surface area contributed by atoms with Crippen LogP contribution in [0.2, 0.25) is 0 Å². The molecule has 0 bridgehead atoms. The Kier molecular flexibility index (Phi) is 18.0. The third-order valence-corrected chi connectivity index (χ3v) is 3.21. The van der Waals surface area contributed by atoms with Crippen molar-refractivity contribution < 1.29 is 22.5 Å². The first-order chi connectivity index (χ1) is 10.3. The van der Waals surface area contributed by atoms with Crippen LogP contribution in [-0.4, -0.2) is 32.3 Å². The lowest BCUT2D eigenvalue weighted by atomic mass is 10.1. The molecule has 0 radical (unpaired) electrons. The molecule has 0 saturated heterocycles. The molecule has 0 aliphatic carbocycles. The maximum absolute atomic E-state index is 10.8. The molecular formula is C16H34O5S. The summed E-state index contributed by atoms with van der Waals surface area (Å²) in [4.78, 5) is 10.8. The van der Waals surface area contributed by atoms with Crippen molar-refractivity contribution in [1.82, 2.24) is 0 Å². The molecule has 0 aromatic rings. The highest BCUT2D eigenvalue weighted by Crippen LogP contribution is 2.11. The molecule has 0 unspecified atom stereocenters. The fourth-order valence-electron chi connectivity index (χ4n) is 2.04. The lowest BCUT2D eigenvalue weighted by Gasteiger charge is -2.02. The molecule has 0 rings (SSSR count). The Labute approximate surface area is 136 Å². The number of unbranched alkanes of at least 4 members (excludes halogenated alkanes) is 10. The molecule has 0 aromatic carbocycles. The summed E-state index contributed by atoms with van der Waals surface area (Å²) in [6.07, 6.45) is 15.8. The number of ether oxygens (including phenoxy) is 1. The molecule has 0 atom stereocenters. The van der Waals surface area contributed by atoms with Gasteiger partial charge in [0.1, 0.15) is 0 Å². The summed E-state index contributed by atoms with van der Waals surface area (Å²) in [6, 6.07) is 0. The van der Waals surface area contributed by atoms with E-state index in [4.69, 9.17) is 4.55 Å². The fraction of sp³-hybridized carbons (Fsp3) is 0.938. The van der Waals surface area contributed by atoms with Crippen molar-refractivity contribution in [2.24, 2.45) is 0 Å². The standard InChI is InChI=1S/C15H30O2.CH4O3S/c1-3-4-5-6-7-8-9-10-11-12-13-14-15(16)17-2;1-5(2,3)4/h3-14H2,1-2H3;1H3,(H,2,3,4). The van der Waals surface area contributed by atoms with Crippen LogP contribution in [0, 0.1) is 0 Å². The normalized spacial score (nSPS) is 10.7. The predicted molar refractivity (Wildman–Crippen MR) is 90.6 cm³/mol. The predicted octanol–water partition coefficient (Wildman–Crippen LogP) is 4.36. The Hall–Kier alpha value is -0.620. The largest absolute Gasteiger partial charge is 0.469 e. The highest BCUT2D eigenvalue weighted by atomic mass is 32.2. The number of carbonyl (C=O) groups is 1. The van der Waals surface area contributed by atoms with Crippen LogP contribution in [0.25, 0.3) is 0 Å². The summed E-state index contributed by atoms with van der Waals surface area (Å²) in [5, 5.41) is 0. The van der Waals surface area contributed by atoms with Crippen molar-refractivity contribution in [2.45, 2.75) is 84.0 Å². The summed E-state index contributed by atoms with van der Waals surface area (Å²) < 4.78 is 30.5. The van der Waals surface area contributed by atoms with Crippen LogP contribution in [0.15, 0.2) is 0 Å². The van der Waals surface area contributed by atoms with E-state index in [1.165, 1.54) is 71.3 Å². The quantitative estimate of drug-likeness (QED) is 0.325. The third kappa shape index (κ3) is 31.7. The van der Waals surface area contributed by atoms with Crippen LogP contribution in [0.3, 0.4) is 0 Å². The van der Waals surface area contributed by atoms with E-state index in [-0.39, 0.29) is 5.97 Å². The zero-order chi connectivity index (χ0) is 17.3. The summed E-state index contributed by atoms with van der Waals surface area (Å²) in [5.41, 5.74) is 0. The van der Waals surface area contributed by atoms with E-state index >= 15 is 0 Å². The van der Waals surface area contributed by atoms with Crippen LogP contribution < -0.4 is 0 Å². The number of hydrogen-bond acceptors (Lipinski definition) is 4. The van der Waals surface area contributed by atoms with E-state index in [2.05, 4.69) is 11.7 Å². The average Bonchev–Trinajstić information content (AvgIpc) is 2.42. The third-order valence-electron chi connectivity index (χ3n) is 3.21. The van der Waals surface area contributed by atoms with E-state index in [1.54, 1.807) is 0 Å². The molecular weight excluding hydrogens is 304 g/mol. The molecule has 0 saturated carbocycles. The first kappa shape index (κ1) is 23.6. The lowest BCUT2D eigenvalue weighted by Crippen LogP contribution is -1.99. The Bertz CT molecular complexity index is 330. The monoisotopic (exact) mass is 338 g/mol. The van der Waals surface area contributed by atoms with E-state index in [1.807, 2.05) is 0 Å². The lowest BCUT2D eigenvalue weighted by molar-refractivity contribution is -0.140. The minimum atomic E-state index is -3.67. The molecule has 1 N–H and O–H groups in total. The summed E-state index contributed by atoms with van der Waals surface area (Å²) in [5.74, 6) is -0.0686. The highest BCUT2D eigenvalue weighted by Gasteiger charge is 1.98. The molecule has 0 aliphatic rings. The van der Waals surface area contributed by atoms with Gasteiger partial charge in [-0.1, -0.05) is 71.1 Å². The smallest absolute Gasteiger partial charge is 0.305 e. The van der Waals surface area contributed by atoms with Gasteiger partial charge in [-0.2, -0.15) is 8.42 Å². The van der Waals surface area contributed by atoms with Crippen LogP contribution in [0.5, 0.6) is 0 Å². The Morgan fingerprint density at radius 2 is 1.18 bits per heavy atom. The van der Waals surface area contributed by atoms with Gasteiger partial charge in [0.15, 0.2) is 0 Å². The van der Waals surface area contributed by atoms with Gasteiger partial charge in [-0.15, -0.1) is 0 Å². The molecule has 6 heteroatoms. The molecule has 0 aromatic heterocycles. The second-order valence-electron chi connectivity index (χ2n) is 5.59. The van der Waals surface area contributed by atoms with Crippen molar-refractivity contribution in [3.8, 4) is 0 Å². The minimum absolute atomic E-state index is 0.0686. The number of esters is 1. The maximum atomic E-state index is 10.8. The topological polar surface area (TPSA) is 80.7 Å². The van der Waals surface area contributed by atoms with Gasteiger partial charge in [0.05, 0.1) is 13.4 Å². The number of methoxy groups -OCH3 is 1. The second kappa shape index (κ2) is 16.7. The molecule has 134 valence electrons. The summed E-state index contributed by atoms with van der Waals surface area (Å²) >= 11 is 0. The van der Waals surface area contributed by atoms with Crippen LogP contribution in [-0.2, 0) is 19.6 Å². The van der Waals surface area contributed by atoms with Crippen LogP contribution >= 0.6 is 0 Å². The Morgan fingerprint density at radius 1 is 0.864 bits per heavy atom. The van der Waals surface area contributed by atoms with Crippen molar-refractivity contribution in [3.63, 3.8) is 0 Å². The molecule has 0 fully saturated rings. The van der Waals surface area contributed by atoms with Crippen LogP contribution in [0.1, 0.15) is 84.0 Å². The maximum Gasteiger partial charge on any atom is 0.305 e. The molecule has 22 heavy (non-hydrogen) atoms. The zero-order valence-electron chi connectivity index (χ0n) is 14.5. The molecule has 0 heterocycles. The highest BCUT2D eigenvalue weighted by molar-refractivity contribution is 7.85. The molecule has 0 amide bonds. The van der Waals surface area contributed by atoms with Gasteiger partial charge >= 0.3 is 5.97 Å². The number of rotatable bonds is 12. The van der Waals surface area contributed by atoms with Gasteiger partial charge in [-0.3, -0.25) is 9.35 Å². The van der Waals surface area contributed by atoms with Crippen molar-refractivity contribution in [3.05, 3.63) is 0 Å². The van der Waals surface area contributed by atoms with Crippen LogP contribution in [0.4, 0.5) is 0 Å². The van der Waals surface area contributed by atoms with Gasteiger partial charge in [0.2, 0.25) is 0 Å². The summed E-state index contributed by atoms with van der Waals surface area (Å²) in [7, 11) is -2.21. The average molecular weight is 339 g/mol. The Morgan fingerprint density at radius 3 is 1.50 bits per heavy atom. The van der Waals surface area contributed by atoms with Gasteiger partial charge in [-0.25, -0.2) is 0 Å². The van der Waals surface area contributed by atoms with Gasteiger partial charge in [0.25, 0.3) is 10.1 Å². The van der Waals surface area contributed by atoms with Crippen molar-refractivity contribution in [2.75, 3.05) is 13.4 Å². The van der Waals surface area contributed by atoms with Crippen molar-refractivity contribution in [1.29, 1.82) is 0 Å². The first-order valence-electron chi connectivity index (χ1n) is 8.30. The van der Waals surface area contributed by atoms with E-state index in [0.29, 0.717) is 12.7 Å². The Balaban J connectivity index is 0. The molecule has 5 nitrogen and oxygen atoms in total. The van der Waals surface area contributed by atoms with E-state index in [9.17, 15) is 13.2 Å². The number of carbonyl (C=O) groups excluding carboxylic acids is 1. The van der Waals surface area contributed by atoms with Gasteiger partial charge in [-0.05, 0) is 6.42 Å². The second-order valence-corrected chi connectivity index (χ2v) is 7.06. The van der Waals surface area contributed by atoms with E-state index in [0.717, 1.165) is 6.42 Å². The zero-order valence-corrected chi connectivity index (χ0v) is 15.3. The van der Waals surface area contributed by atoms with Gasteiger partial charge in [0, 0.05) is 6.42 Å². The SMILES string of the molecule is CCCCCCCCCCCCCC(=O)OC.CS(=O)(=O)O. The molecule has 0 aliphatic heterocycles. The molecule has 0 spiro atoms. The van der Waals surface area contributed by atoms with Gasteiger partial charge < -0.3 is 4.74 Å². The first-order valence-corrected chi connectivity index (χ1v) is 10.1. The fourth-order valence-corrected chi connectivity index (χ4v) is 2.04. The summed E-state index contributed by atoms with van der Waals surface area (Å²) in [6.45, 7) is 2.26. The number of hydrogen-bond donors (Lipinski definition) is 1. The minimum Gasteiger partial charge on any atom is -0.469 e. The van der Waals surface area contributed by atoms with Crippen molar-refractivity contribution >= 4 is 16.1 Å².